The number of fused-ring (bicyclic) bond motifs is 18. The van der Waals surface area contributed by atoms with Gasteiger partial charge < -0.3 is 4.98 Å². The highest BCUT2D eigenvalue weighted by molar-refractivity contribution is 6.35. The van der Waals surface area contributed by atoms with Gasteiger partial charge in [0.15, 0.2) is 23.3 Å². The molecule has 198 valence electrons. The third-order valence-corrected chi connectivity index (χ3v) is 8.09. The van der Waals surface area contributed by atoms with Crippen molar-refractivity contribution in [3.63, 3.8) is 0 Å². The quantitative estimate of drug-likeness (QED) is 0.217. The summed E-state index contributed by atoms with van der Waals surface area (Å²) in [6, 6.07) is 27.3. The molecule has 4 heterocycles. The molecular formula is C34H20FN7. The average Bonchev–Trinajstić information content (AvgIpc) is 3.73. The topological polar surface area (TPSA) is 89.9 Å². The second-order valence-corrected chi connectivity index (χ2v) is 10.6. The number of aromatic nitrogens is 1. The van der Waals surface area contributed by atoms with Gasteiger partial charge in [-0.25, -0.2) is 34.3 Å². The molecule has 1 N–H and O–H groups in total. The van der Waals surface area contributed by atoms with E-state index in [2.05, 4.69) is 17.1 Å². The largest absolute Gasteiger partial charge is 0.324 e. The fraction of sp³-hybridized carbons (Fsp3) is 0.0588. The first-order valence-corrected chi connectivity index (χ1v) is 13.7. The molecule has 1 aliphatic carbocycles. The van der Waals surface area contributed by atoms with Crippen LogP contribution in [-0.4, -0.2) is 39.7 Å². The van der Waals surface area contributed by atoms with E-state index in [-0.39, 0.29) is 5.82 Å². The number of rotatable bonds is 0. The van der Waals surface area contributed by atoms with Crippen LogP contribution in [0.2, 0.25) is 0 Å². The molecule has 0 amide bonds. The monoisotopic (exact) mass is 545 g/mol. The molecule has 1 aromatic heterocycles. The fourth-order valence-corrected chi connectivity index (χ4v) is 6.03. The molecule has 0 atom stereocenters. The Bertz CT molecular complexity index is 2090. The number of amidine groups is 4. The first-order valence-electron chi connectivity index (χ1n) is 13.7. The lowest BCUT2D eigenvalue weighted by Crippen LogP contribution is -2.04. The lowest BCUT2D eigenvalue weighted by molar-refractivity contribution is 0.620. The summed E-state index contributed by atoms with van der Waals surface area (Å²) in [5.41, 5.74) is 7.91. The maximum Gasteiger partial charge on any atom is 0.164 e. The molecule has 5 aromatic rings. The predicted molar refractivity (Wildman–Crippen MR) is 165 cm³/mol. The number of aromatic amines is 1. The molecule has 3 aliphatic heterocycles. The van der Waals surface area contributed by atoms with Crippen LogP contribution in [0, 0.1) is 12.7 Å². The molecule has 9 rings (SSSR count). The number of hydrogen-bond acceptors (Lipinski definition) is 6. The van der Waals surface area contributed by atoms with E-state index in [1.54, 1.807) is 13.0 Å². The van der Waals surface area contributed by atoms with Gasteiger partial charge in [-0.05, 0) is 24.6 Å². The fourth-order valence-electron chi connectivity index (χ4n) is 6.03. The van der Waals surface area contributed by atoms with Crippen LogP contribution in [0.4, 0.5) is 16.0 Å². The van der Waals surface area contributed by atoms with Crippen LogP contribution in [0.5, 0.6) is 0 Å². The van der Waals surface area contributed by atoms with Crippen molar-refractivity contribution >= 4 is 57.2 Å². The molecule has 0 unspecified atom stereocenters. The van der Waals surface area contributed by atoms with Crippen LogP contribution >= 0.6 is 0 Å². The maximum absolute atomic E-state index is 14.9. The van der Waals surface area contributed by atoms with Crippen LogP contribution < -0.4 is 0 Å². The molecule has 0 fully saturated rings. The number of H-pyrrole nitrogens is 1. The number of nitrogens with zero attached hydrogens (tertiary/aromatic N) is 6. The molecular weight excluding hydrogens is 525 g/mol. The van der Waals surface area contributed by atoms with E-state index in [1.807, 2.05) is 60.7 Å². The van der Waals surface area contributed by atoms with Gasteiger partial charge in [-0.3, -0.25) is 0 Å². The van der Waals surface area contributed by atoms with Crippen molar-refractivity contribution in [1.82, 2.24) is 4.98 Å². The summed E-state index contributed by atoms with van der Waals surface area (Å²) in [5, 5.41) is 1.37. The van der Waals surface area contributed by atoms with Crippen LogP contribution in [0.15, 0.2) is 115 Å². The molecule has 8 bridgehead atoms. The third kappa shape index (κ3) is 3.32. The van der Waals surface area contributed by atoms with Crippen LogP contribution in [-0.2, 0) is 0 Å². The molecule has 8 heteroatoms. The zero-order valence-electron chi connectivity index (χ0n) is 22.4. The van der Waals surface area contributed by atoms with Crippen molar-refractivity contribution in [2.24, 2.45) is 30.0 Å². The Balaban J connectivity index is 1.38. The van der Waals surface area contributed by atoms with E-state index >= 15 is 0 Å². The van der Waals surface area contributed by atoms with E-state index in [9.17, 15) is 4.39 Å². The van der Waals surface area contributed by atoms with Crippen LogP contribution in [0.25, 0.3) is 10.8 Å². The first-order chi connectivity index (χ1) is 20.6. The van der Waals surface area contributed by atoms with Gasteiger partial charge in [-0.2, -0.15) is 0 Å². The van der Waals surface area contributed by atoms with Crippen molar-refractivity contribution in [2.75, 3.05) is 0 Å². The van der Waals surface area contributed by atoms with E-state index < -0.39 is 0 Å². The zero-order chi connectivity index (χ0) is 27.9. The van der Waals surface area contributed by atoms with Crippen LogP contribution in [0.3, 0.4) is 0 Å². The lowest BCUT2D eigenvalue weighted by atomic mass is 10.1. The normalized spacial score (nSPS) is 16.1. The van der Waals surface area contributed by atoms with Crippen LogP contribution in [0.1, 0.15) is 45.4 Å². The minimum atomic E-state index is -0.313. The predicted octanol–water partition coefficient (Wildman–Crippen LogP) is 6.99. The van der Waals surface area contributed by atoms with Crippen molar-refractivity contribution in [3.8, 4) is 0 Å². The van der Waals surface area contributed by atoms with E-state index in [0.29, 0.717) is 52.3 Å². The summed E-state index contributed by atoms with van der Waals surface area (Å²) < 4.78 is 14.9. The number of halogens is 1. The minimum absolute atomic E-state index is 0.313. The van der Waals surface area contributed by atoms with Gasteiger partial charge in [0.25, 0.3) is 0 Å². The Morgan fingerprint density at radius 3 is 1.40 bits per heavy atom. The van der Waals surface area contributed by atoms with Gasteiger partial charge in [-0.15, -0.1) is 0 Å². The second-order valence-electron chi connectivity index (χ2n) is 10.6. The minimum Gasteiger partial charge on any atom is -0.324 e. The molecule has 0 saturated heterocycles. The smallest absolute Gasteiger partial charge is 0.164 e. The van der Waals surface area contributed by atoms with Gasteiger partial charge in [0.05, 0.1) is 11.4 Å². The number of hydrogen-bond donors (Lipinski definition) is 1. The summed E-state index contributed by atoms with van der Waals surface area (Å²) in [6.45, 7) is 1.74. The first kappa shape index (κ1) is 23.1. The van der Waals surface area contributed by atoms with Crippen molar-refractivity contribution in [2.45, 2.75) is 13.3 Å². The Morgan fingerprint density at radius 1 is 0.524 bits per heavy atom. The van der Waals surface area contributed by atoms with Gasteiger partial charge in [-0.1, -0.05) is 72.8 Å². The Morgan fingerprint density at radius 2 is 0.929 bits per heavy atom. The van der Waals surface area contributed by atoms with Gasteiger partial charge in [0, 0.05) is 50.6 Å². The van der Waals surface area contributed by atoms with Crippen molar-refractivity contribution < 1.29 is 4.39 Å². The Labute approximate surface area is 239 Å². The summed E-state index contributed by atoms with van der Waals surface area (Å²) in [7, 11) is 0. The summed E-state index contributed by atoms with van der Waals surface area (Å²) >= 11 is 0. The number of aryl methyl sites for hydroxylation is 1. The van der Waals surface area contributed by atoms with Gasteiger partial charge in [0.1, 0.15) is 17.5 Å². The van der Waals surface area contributed by atoms with Crippen molar-refractivity contribution in [3.05, 3.63) is 130 Å². The van der Waals surface area contributed by atoms with Gasteiger partial charge >= 0.3 is 0 Å². The van der Waals surface area contributed by atoms with E-state index in [1.165, 1.54) is 6.07 Å². The van der Waals surface area contributed by atoms with E-state index in [0.717, 1.165) is 50.2 Å². The average molecular weight is 546 g/mol. The summed E-state index contributed by atoms with van der Waals surface area (Å²) in [5.74, 6) is 2.94. The second kappa shape index (κ2) is 8.44. The SMILES string of the molecule is Cc1cc2c3[nH]c(c2cc1F)N=C1N=C(N=C2CC(=NC4=NC(=N3)c3ccccc34)c3ccccc32)c2ccccc21. The number of aliphatic imine (C=N–C) groups is 6. The highest BCUT2D eigenvalue weighted by Gasteiger charge is 2.30. The molecule has 42 heavy (non-hydrogen) atoms. The molecule has 7 nitrogen and oxygen atoms in total. The zero-order valence-corrected chi connectivity index (χ0v) is 22.4. The van der Waals surface area contributed by atoms with Crippen molar-refractivity contribution in [1.29, 1.82) is 0 Å². The summed E-state index contributed by atoms with van der Waals surface area (Å²) in [6.07, 6.45) is 0.543. The number of benzene rings is 4. The Kier molecular flexibility index (Phi) is 4.64. The molecule has 0 radical (unpaired) electrons. The molecule has 4 aliphatic rings. The third-order valence-electron chi connectivity index (χ3n) is 8.09. The lowest BCUT2D eigenvalue weighted by Gasteiger charge is -2.01. The highest BCUT2D eigenvalue weighted by Crippen LogP contribution is 2.38. The highest BCUT2D eigenvalue weighted by atomic mass is 19.1. The maximum atomic E-state index is 14.9. The molecule has 4 aromatic carbocycles. The van der Waals surface area contributed by atoms with Gasteiger partial charge in [0.2, 0.25) is 0 Å². The Hall–Kier alpha value is -5.63. The van der Waals surface area contributed by atoms with E-state index in [4.69, 9.17) is 30.0 Å². The molecule has 0 saturated carbocycles. The standard InChI is InChI=1S/C34H20FN7/c1-17-14-24-25(15-26(17)35)34-41-32-23-13-7-5-11-21(23)30(39-32)37-28-16-27(18-8-2-3-9-19(18)28)36-29-20-10-4-6-12-22(20)31(38-29)40-33(24)42-34/h2-15H,16H2,1H3,(H,36,37,38,39,40,41,42). The molecule has 0 spiro atoms. The summed E-state index contributed by atoms with van der Waals surface area (Å²) in [4.78, 5) is 33.3. The number of nitrogens with one attached hydrogen (secondary N) is 1.